The van der Waals surface area contributed by atoms with Gasteiger partial charge >= 0.3 is 26.7 Å². The molecule has 0 amide bonds. The van der Waals surface area contributed by atoms with Crippen molar-refractivity contribution in [2.45, 2.75) is 54.6 Å². The summed E-state index contributed by atoms with van der Waals surface area (Å²) in [6.07, 6.45) is 0.291. The SMILES string of the molecule is O=S(=O)([N-]S(=O)(=O)C(F)(F)C(F)(F)C(F)(F)S(=O)(=O)F)OC1CCCCC1. The van der Waals surface area contributed by atoms with Crippen LogP contribution in [0.15, 0.2) is 0 Å². The fourth-order valence-corrected chi connectivity index (χ4v) is 4.97. The molecule has 1 aliphatic rings. The smallest absolute Gasteiger partial charge is 0.406 e. The lowest BCUT2D eigenvalue weighted by Crippen LogP contribution is -2.59. The molecular weight excluding hydrogens is 463 g/mol. The highest BCUT2D eigenvalue weighted by molar-refractivity contribution is 8.10. The standard InChI is InChI=1S/C9H11F7NO7S3/c10-7(11,8(12,13)25(16,18)19)9(14,15)26(20,21)17-27(22,23)24-6-4-2-1-3-5-6/h6H,1-5H2/q-1. The molecule has 0 radical (unpaired) electrons. The summed E-state index contributed by atoms with van der Waals surface area (Å²) in [5.74, 6) is -7.41. The maximum atomic E-state index is 13.5. The molecule has 0 aromatic carbocycles. The van der Waals surface area contributed by atoms with Crippen molar-refractivity contribution in [3.63, 3.8) is 0 Å². The van der Waals surface area contributed by atoms with Gasteiger partial charge in [0.05, 0.1) is 6.10 Å². The van der Waals surface area contributed by atoms with Gasteiger partial charge in [0.1, 0.15) is 0 Å². The molecule has 1 saturated carbocycles. The summed E-state index contributed by atoms with van der Waals surface area (Å²) >= 11 is 0. The molecule has 0 aliphatic heterocycles. The van der Waals surface area contributed by atoms with Crippen LogP contribution in [0.4, 0.5) is 30.2 Å². The van der Waals surface area contributed by atoms with Crippen molar-refractivity contribution in [3.8, 4) is 0 Å². The molecule has 0 heterocycles. The molecule has 0 unspecified atom stereocenters. The van der Waals surface area contributed by atoms with E-state index in [2.05, 4.69) is 4.18 Å². The summed E-state index contributed by atoms with van der Waals surface area (Å²) < 4.78 is 162. The predicted octanol–water partition coefficient (Wildman–Crippen LogP) is 2.40. The second-order valence-corrected chi connectivity index (χ2v) is 9.87. The molecule has 0 atom stereocenters. The zero-order chi connectivity index (χ0) is 21.5. The van der Waals surface area contributed by atoms with Crippen molar-refractivity contribution in [3.05, 3.63) is 4.13 Å². The molecule has 1 fully saturated rings. The number of rotatable bonds is 8. The van der Waals surface area contributed by atoms with Crippen LogP contribution in [0, 0.1) is 0 Å². The Morgan fingerprint density at radius 3 is 1.63 bits per heavy atom. The van der Waals surface area contributed by atoms with E-state index in [0.29, 0.717) is 19.3 Å². The van der Waals surface area contributed by atoms with E-state index in [0.717, 1.165) is 0 Å². The molecule has 0 aromatic rings. The molecule has 1 aliphatic carbocycles. The van der Waals surface area contributed by atoms with Crippen LogP contribution >= 0.6 is 0 Å². The summed E-state index contributed by atoms with van der Waals surface area (Å²) in [4.78, 5) is 0. The lowest BCUT2D eigenvalue weighted by Gasteiger charge is -2.34. The number of hydrogen-bond donors (Lipinski definition) is 0. The molecule has 0 saturated heterocycles. The highest BCUT2D eigenvalue weighted by atomic mass is 32.3. The number of nitrogens with zero attached hydrogens (tertiary/aromatic N) is 1. The minimum absolute atomic E-state index is 0.0273. The number of halogens is 7. The van der Waals surface area contributed by atoms with Gasteiger partial charge in [0, 0.05) is 0 Å². The Bertz CT molecular complexity index is 864. The third-order valence-corrected chi connectivity index (χ3v) is 7.16. The van der Waals surface area contributed by atoms with Gasteiger partial charge in [-0.15, -0.1) is 0 Å². The molecule has 0 aromatic heterocycles. The Kier molecular flexibility index (Phi) is 6.55. The van der Waals surface area contributed by atoms with Gasteiger partial charge in [-0.2, -0.15) is 34.8 Å². The Labute approximate surface area is 149 Å². The summed E-state index contributed by atoms with van der Waals surface area (Å²) in [6, 6.07) is 0. The average Bonchev–Trinajstić information content (AvgIpc) is 2.44. The van der Waals surface area contributed by atoms with Crippen LogP contribution < -0.4 is 0 Å². The third kappa shape index (κ3) is 4.65. The lowest BCUT2D eigenvalue weighted by atomic mass is 9.98. The van der Waals surface area contributed by atoms with E-state index in [-0.39, 0.29) is 12.8 Å². The van der Waals surface area contributed by atoms with Gasteiger partial charge in [-0.25, -0.2) is 16.8 Å². The zero-order valence-electron chi connectivity index (χ0n) is 12.8. The summed E-state index contributed by atoms with van der Waals surface area (Å²) in [5, 5.41) is -14.3. The average molecular weight is 474 g/mol. The quantitative estimate of drug-likeness (QED) is 0.391. The lowest BCUT2D eigenvalue weighted by molar-refractivity contribution is -0.244. The van der Waals surface area contributed by atoms with Gasteiger partial charge in [-0.3, -0.25) is 4.18 Å². The fraction of sp³-hybridized carbons (Fsp3) is 1.00. The minimum Gasteiger partial charge on any atom is -0.406 e. The molecule has 1 rings (SSSR count). The van der Waals surface area contributed by atoms with E-state index in [4.69, 9.17) is 0 Å². The van der Waals surface area contributed by atoms with Crippen LogP contribution in [0.3, 0.4) is 0 Å². The Balaban J connectivity index is 3.20. The predicted molar refractivity (Wildman–Crippen MR) is 74.0 cm³/mol. The van der Waals surface area contributed by atoms with Crippen LogP contribution in [0.2, 0.25) is 0 Å². The van der Waals surface area contributed by atoms with Crippen LogP contribution in [0.25, 0.3) is 4.13 Å². The van der Waals surface area contributed by atoms with Gasteiger partial charge in [0.25, 0.3) is 0 Å². The van der Waals surface area contributed by atoms with Crippen LogP contribution in [-0.2, 0) is 34.7 Å². The topological polar surface area (TPSA) is 126 Å². The Morgan fingerprint density at radius 1 is 0.778 bits per heavy atom. The van der Waals surface area contributed by atoms with Crippen LogP contribution in [-0.4, -0.2) is 47.8 Å². The van der Waals surface area contributed by atoms with Gasteiger partial charge in [-0.1, -0.05) is 23.1 Å². The Hall–Kier alpha value is -0.720. The highest BCUT2D eigenvalue weighted by Gasteiger charge is 2.81. The van der Waals surface area contributed by atoms with Crippen molar-refractivity contribution in [2.75, 3.05) is 0 Å². The molecule has 162 valence electrons. The fourth-order valence-electron chi connectivity index (χ4n) is 2.00. The van der Waals surface area contributed by atoms with E-state index in [1.54, 1.807) is 0 Å². The maximum absolute atomic E-state index is 13.5. The first-order valence-corrected chi connectivity index (χ1v) is 11.0. The van der Waals surface area contributed by atoms with E-state index >= 15 is 0 Å². The summed E-state index contributed by atoms with van der Waals surface area (Å²) in [6.45, 7) is 0. The first kappa shape index (κ1) is 24.3. The minimum atomic E-state index is -7.72. The van der Waals surface area contributed by atoms with Crippen LogP contribution in [0.5, 0.6) is 0 Å². The molecule has 0 spiro atoms. The monoisotopic (exact) mass is 474 g/mol. The van der Waals surface area contributed by atoms with E-state index in [9.17, 15) is 55.5 Å². The highest BCUT2D eigenvalue weighted by Crippen LogP contribution is 2.52. The van der Waals surface area contributed by atoms with Gasteiger partial charge in [-0.05, 0) is 12.8 Å². The van der Waals surface area contributed by atoms with Crippen molar-refractivity contribution in [1.82, 2.24) is 0 Å². The van der Waals surface area contributed by atoms with E-state index in [1.165, 1.54) is 4.13 Å². The number of sulfonamides is 1. The normalized spacial score (nSPS) is 19.2. The molecule has 0 N–H and O–H groups in total. The van der Waals surface area contributed by atoms with E-state index < -0.39 is 53.1 Å². The summed E-state index contributed by atoms with van der Waals surface area (Å²) in [7, 11) is -20.9. The van der Waals surface area contributed by atoms with Crippen molar-refractivity contribution >= 4 is 30.6 Å². The van der Waals surface area contributed by atoms with Gasteiger partial charge in [0.2, 0.25) is 10.3 Å². The second kappa shape index (κ2) is 7.27. The first-order chi connectivity index (χ1) is 11.8. The van der Waals surface area contributed by atoms with Gasteiger partial charge < -0.3 is 4.13 Å². The van der Waals surface area contributed by atoms with Gasteiger partial charge in [0.15, 0.2) is 10.0 Å². The van der Waals surface area contributed by atoms with Crippen molar-refractivity contribution < 1.29 is 59.7 Å². The largest absolute Gasteiger partial charge is 0.443 e. The van der Waals surface area contributed by atoms with Crippen LogP contribution in [0.1, 0.15) is 32.1 Å². The molecule has 8 nitrogen and oxygen atoms in total. The molecule has 18 heteroatoms. The molecule has 27 heavy (non-hydrogen) atoms. The number of hydrogen-bond acceptors (Lipinski definition) is 7. The first-order valence-electron chi connectivity index (χ1n) is 6.78. The molecular formula is C9H11F7NO7S3-. The second-order valence-electron chi connectivity index (χ2n) is 5.38. The van der Waals surface area contributed by atoms with E-state index in [1.807, 2.05) is 0 Å². The van der Waals surface area contributed by atoms with Crippen molar-refractivity contribution in [1.29, 1.82) is 0 Å². The maximum Gasteiger partial charge on any atom is 0.443 e. The zero-order valence-corrected chi connectivity index (χ0v) is 15.2. The number of alkyl halides is 6. The Morgan fingerprint density at radius 2 is 1.22 bits per heavy atom. The summed E-state index contributed by atoms with van der Waals surface area (Å²) in [5.41, 5.74) is 0. The molecule has 0 bridgehead atoms. The third-order valence-electron chi connectivity index (χ3n) is 3.36. The van der Waals surface area contributed by atoms with Crippen molar-refractivity contribution in [2.24, 2.45) is 0 Å².